The van der Waals surface area contributed by atoms with Gasteiger partial charge >= 0.3 is 23.9 Å². The van der Waals surface area contributed by atoms with Crippen molar-refractivity contribution in [3.8, 4) is 0 Å². The maximum Gasteiger partial charge on any atom is 0.341 e. The summed E-state index contributed by atoms with van der Waals surface area (Å²) in [6.45, 7) is 9.60. The molecule has 1 N–H and O–H groups in total. The zero-order valence-electron chi connectivity index (χ0n) is 20.4. The Hall–Kier alpha value is -3.40. The summed E-state index contributed by atoms with van der Waals surface area (Å²) in [6, 6.07) is 1.37. The highest BCUT2D eigenvalue weighted by Crippen LogP contribution is 2.40. The molecule has 35 heavy (non-hydrogen) atoms. The van der Waals surface area contributed by atoms with Gasteiger partial charge in [0.1, 0.15) is 34.9 Å². The van der Waals surface area contributed by atoms with Crippen LogP contribution in [0.5, 0.6) is 0 Å². The second-order valence-electron chi connectivity index (χ2n) is 9.17. The lowest BCUT2D eigenvalue weighted by Crippen LogP contribution is -2.38. The van der Waals surface area contributed by atoms with Gasteiger partial charge in [-0.2, -0.15) is 0 Å². The van der Waals surface area contributed by atoms with Crippen molar-refractivity contribution in [3.63, 3.8) is 0 Å². The van der Waals surface area contributed by atoms with Crippen LogP contribution < -0.4 is 0 Å². The molecule has 10 nitrogen and oxygen atoms in total. The van der Waals surface area contributed by atoms with E-state index in [0.29, 0.717) is 5.57 Å². The van der Waals surface area contributed by atoms with Crippen molar-refractivity contribution in [1.29, 1.82) is 0 Å². The van der Waals surface area contributed by atoms with E-state index in [2.05, 4.69) is 6.58 Å². The van der Waals surface area contributed by atoms with Crippen molar-refractivity contribution in [2.45, 2.75) is 70.9 Å². The molecule has 0 saturated heterocycles. The predicted octanol–water partition coefficient (Wildman–Crippen LogP) is 2.73. The molecule has 2 aliphatic rings. The third-order valence-corrected chi connectivity index (χ3v) is 6.10. The Kier molecular flexibility index (Phi) is 7.54. The molecule has 4 bridgehead atoms. The van der Waals surface area contributed by atoms with Crippen molar-refractivity contribution in [1.82, 2.24) is 0 Å². The Morgan fingerprint density at radius 2 is 1.83 bits per heavy atom. The first-order valence-corrected chi connectivity index (χ1v) is 11.2. The molecule has 2 aliphatic heterocycles. The SMILES string of the molecule is C=C(C)[C@@H]1Cc2oc(cc2C(=O)OC)[C@H](OC(C)=O)[C@@](C)(O)C[C@@H]2C=C(C(=O)O2)[C@H](OC(C)=O)C1. The van der Waals surface area contributed by atoms with Crippen molar-refractivity contribution in [3.05, 3.63) is 47.0 Å². The molecule has 3 rings (SSSR count). The fraction of sp³-hybridized carbons (Fsp3) is 0.520. The summed E-state index contributed by atoms with van der Waals surface area (Å²) in [5.41, 5.74) is -0.845. The number of hydrogen-bond donors (Lipinski definition) is 1. The van der Waals surface area contributed by atoms with Gasteiger partial charge in [0.05, 0.1) is 12.7 Å². The minimum absolute atomic E-state index is 0.0328. The number of furan rings is 1. The van der Waals surface area contributed by atoms with Gasteiger partial charge in [-0.15, -0.1) is 0 Å². The monoisotopic (exact) mass is 490 g/mol. The number of rotatable bonds is 4. The average Bonchev–Trinajstić information content (AvgIpc) is 3.31. The van der Waals surface area contributed by atoms with E-state index in [1.165, 1.54) is 40.0 Å². The molecule has 0 spiro atoms. The van der Waals surface area contributed by atoms with E-state index in [4.69, 9.17) is 23.4 Å². The van der Waals surface area contributed by atoms with Gasteiger partial charge in [-0.25, -0.2) is 9.59 Å². The molecule has 3 heterocycles. The largest absolute Gasteiger partial charge is 0.465 e. The van der Waals surface area contributed by atoms with E-state index in [0.717, 1.165) is 0 Å². The van der Waals surface area contributed by atoms with Gasteiger partial charge in [0.15, 0.2) is 6.10 Å². The standard InChI is InChI=1S/C25H30O10/c1-12(2)15-7-19(32-13(3)26)17-9-16(34-24(17)29)11-25(5,30)22(33-14(4)27)21-10-18(23(28)31-6)20(8-15)35-21/h9-10,15-16,19,22,30H,1,7-8,11H2,2-6H3/t15-,16-,19+,22-,25-/m0/s1. The van der Waals surface area contributed by atoms with Gasteiger partial charge in [-0.3, -0.25) is 9.59 Å². The Balaban J connectivity index is 2.20. The van der Waals surface area contributed by atoms with E-state index in [1.807, 2.05) is 0 Å². The van der Waals surface area contributed by atoms with Crippen LogP contribution in [0.15, 0.2) is 34.3 Å². The highest BCUT2D eigenvalue weighted by atomic mass is 16.6. The van der Waals surface area contributed by atoms with Crippen molar-refractivity contribution in [2.75, 3.05) is 7.11 Å². The summed E-state index contributed by atoms with van der Waals surface area (Å²) in [5.74, 6) is -2.77. The van der Waals surface area contributed by atoms with Gasteiger partial charge in [0, 0.05) is 26.7 Å². The van der Waals surface area contributed by atoms with E-state index in [1.54, 1.807) is 6.92 Å². The van der Waals surface area contributed by atoms with E-state index in [9.17, 15) is 24.3 Å². The van der Waals surface area contributed by atoms with Crippen molar-refractivity contribution < 1.29 is 47.6 Å². The summed E-state index contributed by atoms with van der Waals surface area (Å²) in [6.07, 6.45) is -1.50. The Morgan fingerprint density at radius 1 is 1.17 bits per heavy atom. The van der Waals surface area contributed by atoms with Crippen LogP contribution in [0.4, 0.5) is 0 Å². The van der Waals surface area contributed by atoms with Gasteiger partial charge in [-0.1, -0.05) is 12.2 Å². The van der Waals surface area contributed by atoms with E-state index < -0.39 is 47.8 Å². The minimum atomic E-state index is -1.77. The number of ether oxygens (including phenoxy) is 4. The fourth-order valence-electron chi connectivity index (χ4n) is 4.41. The van der Waals surface area contributed by atoms with Crippen LogP contribution in [-0.4, -0.2) is 53.9 Å². The summed E-state index contributed by atoms with van der Waals surface area (Å²) < 4.78 is 27.2. The predicted molar refractivity (Wildman–Crippen MR) is 120 cm³/mol. The van der Waals surface area contributed by atoms with Crippen molar-refractivity contribution >= 4 is 23.9 Å². The summed E-state index contributed by atoms with van der Waals surface area (Å²) in [4.78, 5) is 49.0. The highest BCUT2D eigenvalue weighted by molar-refractivity contribution is 5.92. The summed E-state index contributed by atoms with van der Waals surface area (Å²) in [5, 5.41) is 11.3. The molecule has 190 valence electrons. The average molecular weight is 491 g/mol. The molecule has 0 radical (unpaired) electrons. The number of carbonyl (C=O) groups is 4. The second kappa shape index (κ2) is 10.1. The minimum Gasteiger partial charge on any atom is -0.465 e. The van der Waals surface area contributed by atoms with Crippen LogP contribution >= 0.6 is 0 Å². The smallest absolute Gasteiger partial charge is 0.341 e. The van der Waals surface area contributed by atoms with Crippen LogP contribution in [0.2, 0.25) is 0 Å². The number of hydrogen-bond acceptors (Lipinski definition) is 10. The lowest BCUT2D eigenvalue weighted by atomic mass is 9.86. The number of fused-ring (bicyclic) bond motifs is 3. The van der Waals surface area contributed by atoms with Gasteiger partial charge in [-0.05, 0) is 38.3 Å². The molecule has 0 saturated carbocycles. The molecule has 1 aromatic rings. The number of methoxy groups -OCH3 is 1. The lowest BCUT2D eigenvalue weighted by molar-refractivity contribution is -0.170. The number of allylic oxidation sites excluding steroid dienone is 1. The number of carbonyl (C=O) groups excluding carboxylic acids is 4. The quantitative estimate of drug-likeness (QED) is 0.381. The summed E-state index contributed by atoms with van der Waals surface area (Å²) >= 11 is 0. The third kappa shape index (κ3) is 5.82. The Morgan fingerprint density at radius 3 is 2.40 bits per heavy atom. The molecule has 0 fully saturated rings. The zero-order chi connectivity index (χ0) is 26.1. The van der Waals surface area contributed by atoms with Gasteiger partial charge in [0.2, 0.25) is 0 Å². The molecule has 5 atom stereocenters. The molecular weight excluding hydrogens is 460 g/mol. The molecule has 0 amide bonds. The van der Waals surface area contributed by atoms with E-state index in [-0.39, 0.29) is 47.8 Å². The zero-order valence-corrected chi connectivity index (χ0v) is 20.4. The van der Waals surface area contributed by atoms with E-state index >= 15 is 0 Å². The van der Waals surface area contributed by atoms with Crippen molar-refractivity contribution in [2.24, 2.45) is 5.92 Å². The highest BCUT2D eigenvalue weighted by Gasteiger charge is 2.45. The molecular formula is C25H30O10. The number of aliphatic hydroxyl groups is 1. The normalized spacial score (nSPS) is 28.4. The van der Waals surface area contributed by atoms with Crippen LogP contribution in [0.3, 0.4) is 0 Å². The number of esters is 4. The van der Waals surface area contributed by atoms with Crippen LogP contribution in [0.1, 0.15) is 68.5 Å². The molecule has 0 aromatic carbocycles. The Bertz CT molecular complexity index is 1080. The Labute approximate surface area is 202 Å². The first kappa shape index (κ1) is 26.2. The summed E-state index contributed by atoms with van der Waals surface area (Å²) in [7, 11) is 1.22. The maximum absolute atomic E-state index is 12.7. The molecule has 10 heteroatoms. The van der Waals surface area contributed by atoms with Crippen LogP contribution in [0.25, 0.3) is 0 Å². The first-order valence-electron chi connectivity index (χ1n) is 11.2. The molecule has 1 aromatic heterocycles. The fourth-order valence-corrected chi connectivity index (χ4v) is 4.41. The van der Waals surface area contributed by atoms with Gasteiger partial charge < -0.3 is 28.5 Å². The van der Waals surface area contributed by atoms with Crippen LogP contribution in [-0.2, 0) is 39.8 Å². The molecule has 0 aliphatic carbocycles. The first-order chi connectivity index (χ1) is 16.3. The topological polar surface area (TPSA) is 139 Å². The molecule has 0 unspecified atom stereocenters. The lowest BCUT2D eigenvalue weighted by Gasteiger charge is -2.32. The third-order valence-electron chi connectivity index (χ3n) is 6.10. The van der Waals surface area contributed by atoms with Gasteiger partial charge in [0.25, 0.3) is 0 Å². The van der Waals surface area contributed by atoms with Crippen LogP contribution in [0, 0.1) is 5.92 Å². The maximum atomic E-state index is 12.7. The second-order valence-corrected chi connectivity index (χ2v) is 9.17.